The fraction of sp³-hybridized carbons (Fsp3) is 1.00. The minimum atomic E-state index is -1.29. The normalized spacial score (nSPS) is 52.4. The molecule has 0 heterocycles. The van der Waals surface area contributed by atoms with Crippen LogP contribution in [0.15, 0.2) is 0 Å². The Morgan fingerprint density at radius 3 is 1.65 bits per heavy atom. The summed E-state index contributed by atoms with van der Waals surface area (Å²) in [5.41, 5.74) is 0. The topological polar surface area (TPSA) is 0 Å². The van der Waals surface area contributed by atoms with Crippen molar-refractivity contribution in [1.29, 1.82) is 0 Å². The van der Waals surface area contributed by atoms with E-state index in [1.54, 1.807) is 0 Å². The molecule has 0 nitrogen and oxygen atoms in total. The zero-order valence-corrected chi connectivity index (χ0v) is 11.1. The van der Waals surface area contributed by atoms with Crippen LogP contribution in [0.3, 0.4) is 0 Å². The van der Waals surface area contributed by atoms with Crippen LogP contribution in [0.5, 0.6) is 0 Å². The maximum absolute atomic E-state index is 13.9. The average molecular weight is 317 g/mol. The fourth-order valence-electron chi connectivity index (χ4n) is 3.25. The van der Waals surface area contributed by atoms with Crippen molar-refractivity contribution < 1.29 is 17.6 Å². The monoisotopic (exact) mass is 316 g/mol. The first kappa shape index (κ1) is 13.6. The van der Waals surface area contributed by atoms with Gasteiger partial charge in [0.25, 0.3) is 0 Å². The fourth-order valence-corrected chi connectivity index (χ4v) is 3.97. The highest BCUT2D eigenvalue weighted by molar-refractivity contribution is 9.09. The van der Waals surface area contributed by atoms with Crippen LogP contribution in [0.2, 0.25) is 0 Å². The minimum Gasteiger partial charge on any atom is -0.247 e. The highest BCUT2D eigenvalue weighted by atomic mass is 79.9. The molecule has 5 heteroatoms. The van der Waals surface area contributed by atoms with E-state index < -0.39 is 36.5 Å². The van der Waals surface area contributed by atoms with Crippen molar-refractivity contribution in [3.8, 4) is 0 Å². The van der Waals surface area contributed by atoms with Crippen molar-refractivity contribution in [2.75, 3.05) is 0 Å². The molecule has 17 heavy (non-hydrogen) atoms. The van der Waals surface area contributed by atoms with Crippen LogP contribution < -0.4 is 0 Å². The van der Waals surface area contributed by atoms with Crippen LogP contribution in [-0.4, -0.2) is 29.5 Å². The molecule has 2 rings (SSSR count). The highest BCUT2D eigenvalue weighted by Crippen LogP contribution is 2.43. The summed E-state index contributed by atoms with van der Waals surface area (Å²) in [4.78, 5) is -0.158. The molecule has 0 aromatic carbocycles. The van der Waals surface area contributed by atoms with Gasteiger partial charge in [0, 0.05) is 17.2 Å². The maximum Gasteiger partial charge on any atom is 0.107 e. The second-order valence-corrected chi connectivity index (χ2v) is 6.63. The van der Waals surface area contributed by atoms with Crippen molar-refractivity contribution in [1.82, 2.24) is 0 Å². The Balaban J connectivity index is 2.04. The minimum absolute atomic E-state index is 0.110. The van der Waals surface area contributed by atoms with Crippen LogP contribution in [0.4, 0.5) is 17.6 Å². The number of alkyl halides is 5. The number of hydrogen-bond acceptors (Lipinski definition) is 0. The molecule has 0 aromatic rings. The molecule has 0 radical (unpaired) electrons. The third-order valence-corrected chi connectivity index (χ3v) is 4.72. The summed E-state index contributed by atoms with van der Waals surface area (Å²) in [6.07, 6.45) is -4.47. The Morgan fingerprint density at radius 2 is 1.18 bits per heavy atom. The lowest BCUT2D eigenvalue weighted by Gasteiger charge is -2.40. The van der Waals surface area contributed by atoms with Gasteiger partial charge in [0.05, 0.1) is 0 Å². The number of halogens is 5. The van der Waals surface area contributed by atoms with E-state index in [4.69, 9.17) is 0 Å². The first-order chi connectivity index (χ1) is 7.97. The summed E-state index contributed by atoms with van der Waals surface area (Å²) in [6.45, 7) is 0. The van der Waals surface area contributed by atoms with Gasteiger partial charge in [-0.2, -0.15) is 0 Å². The van der Waals surface area contributed by atoms with Gasteiger partial charge in [0.2, 0.25) is 0 Å². The van der Waals surface area contributed by atoms with Crippen molar-refractivity contribution >= 4 is 15.9 Å². The molecule has 4 atom stereocenters. The second-order valence-electron chi connectivity index (χ2n) is 5.34. The smallest absolute Gasteiger partial charge is 0.107 e. The molecule has 100 valence electrons. The molecule has 4 unspecified atom stereocenters. The van der Waals surface area contributed by atoms with E-state index in [0.717, 1.165) is 0 Å². The van der Waals surface area contributed by atoms with Crippen LogP contribution in [0.1, 0.15) is 32.1 Å². The Labute approximate surface area is 107 Å². The Bertz CT molecular complexity index is 241. The molecule has 2 aliphatic rings. The summed E-state index contributed by atoms with van der Waals surface area (Å²) >= 11 is 3.22. The maximum atomic E-state index is 13.9. The summed E-state index contributed by atoms with van der Waals surface area (Å²) < 4.78 is 54.3. The van der Waals surface area contributed by atoms with E-state index in [-0.39, 0.29) is 36.9 Å². The molecule has 0 saturated heterocycles. The van der Waals surface area contributed by atoms with E-state index in [1.165, 1.54) is 0 Å². The van der Waals surface area contributed by atoms with Gasteiger partial charge in [0.1, 0.15) is 24.7 Å². The number of hydrogen-bond donors (Lipinski definition) is 0. The third-order valence-electron chi connectivity index (χ3n) is 3.97. The Morgan fingerprint density at radius 1 is 0.706 bits per heavy atom. The summed E-state index contributed by atoms with van der Waals surface area (Å²) in [6, 6.07) is 0. The predicted octanol–water partition coefficient (Wildman–Crippen LogP) is 4.31. The molecule has 0 spiro atoms. The van der Waals surface area contributed by atoms with Gasteiger partial charge in [-0.25, -0.2) is 17.6 Å². The van der Waals surface area contributed by atoms with Gasteiger partial charge in [-0.3, -0.25) is 0 Å². The zero-order chi connectivity index (χ0) is 12.6. The Hall–Kier alpha value is 0.200. The molecular formula is C12H17BrF4. The molecule has 2 aliphatic carbocycles. The summed E-state index contributed by atoms with van der Waals surface area (Å²) in [5, 5.41) is 0. The third kappa shape index (κ3) is 3.15. The van der Waals surface area contributed by atoms with Crippen LogP contribution in [-0.2, 0) is 0 Å². The zero-order valence-electron chi connectivity index (χ0n) is 9.47. The van der Waals surface area contributed by atoms with Gasteiger partial charge in [-0.15, -0.1) is 0 Å². The summed E-state index contributed by atoms with van der Waals surface area (Å²) in [7, 11) is 0. The van der Waals surface area contributed by atoms with Crippen molar-refractivity contribution in [2.24, 2.45) is 11.8 Å². The quantitative estimate of drug-likeness (QED) is 0.499. The molecular weight excluding hydrogens is 300 g/mol. The number of rotatable bonds is 1. The second kappa shape index (κ2) is 5.45. The lowest BCUT2D eigenvalue weighted by molar-refractivity contribution is -0.00577. The molecule has 0 aromatic heterocycles. The van der Waals surface area contributed by atoms with Crippen LogP contribution >= 0.6 is 15.9 Å². The molecule has 2 fully saturated rings. The molecule has 2 saturated carbocycles. The van der Waals surface area contributed by atoms with E-state index >= 15 is 0 Å². The molecule has 0 amide bonds. The van der Waals surface area contributed by atoms with Gasteiger partial charge >= 0.3 is 0 Å². The summed E-state index contributed by atoms with van der Waals surface area (Å²) in [5.74, 6) is -1.31. The van der Waals surface area contributed by atoms with Crippen LogP contribution in [0.25, 0.3) is 0 Å². The Kier molecular flexibility index (Phi) is 4.37. The lowest BCUT2D eigenvalue weighted by atomic mass is 9.70. The van der Waals surface area contributed by atoms with Gasteiger partial charge < -0.3 is 0 Å². The van der Waals surface area contributed by atoms with Gasteiger partial charge in [-0.1, -0.05) is 15.9 Å². The largest absolute Gasteiger partial charge is 0.247 e. The average Bonchev–Trinajstić information content (AvgIpc) is 2.13. The van der Waals surface area contributed by atoms with Crippen LogP contribution in [0, 0.1) is 11.8 Å². The van der Waals surface area contributed by atoms with Crippen molar-refractivity contribution in [3.63, 3.8) is 0 Å². The van der Waals surface area contributed by atoms with E-state index in [9.17, 15) is 17.6 Å². The molecule has 0 N–H and O–H groups in total. The van der Waals surface area contributed by atoms with Crippen molar-refractivity contribution in [3.05, 3.63) is 0 Å². The standard InChI is InChI=1S/C12H17BrF4/c13-7-3-10(16)12(11(17)4-7)6-1-8(14)5-9(15)2-6/h6-12H,1-5H2. The van der Waals surface area contributed by atoms with Crippen molar-refractivity contribution in [2.45, 2.75) is 61.6 Å². The van der Waals surface area contributed by atoms with Gasteiger partial charge in [0.15, 0.2) is 0 Å². The molecule has 0 aliphatic heterocycles. The van der Waals surface area contributed by atoms with E-state index in [0.29, 0.717) is 0 Å². The first-order valence-corrected chi connectivity index (χ1v) is 7.09. The lowest BCUT2D eigenvalue weighted by Crippen LogP contribution is -2.43. The highest BCUT2D eigenvalue weighted by Gasteiger charge is 2.45. The SMILES string of the molecule is FC1CC(F)CC(C2C(F)CC(Br)CC2F)C1. The first-order valence-electron chi connectivity index (χ1n) is 6.17. The van der Waals surface area contributed by atoms with E-state index in [2.05, 4.69) is 15.9 Å². The predicted molar refractivity (Wildman–Crippen MR) is 62.4 cm³/mol. The van der Waals surface area contributed by atoms with Gasteiger partial charge in [-0.05, 0) is 31.6 Å². The molecule has 0 bridgehead atoms. The van der Waals surface area contributed by atoms with E-state index in [1.807, 2.05) is 0 Å².